The SMILES string of the molecule is CCC1CCC(NCCOC(C)C)C1. The van der Waals surface area contributed by atoms with Crippen molar-refractivity contribution in [2.24, 2.45) is 5.92 Å². The van der Waals surface area contributed by atoms with Gasteiger partial charge in [-0.3, -0.25) is 0 Å². The van der Waals surface area contributed by atoms with Crippen molar-refractivity contribution < 1.29 is 4.74 Å². The summed E-state index contributed by atoms with van der Waals surface area (Å²) >= 11 is 0. The van der Waals surface area contributed by atoms with Crippen LogP contribution in [-0.2, 0) is 4.74 Å². The highest BCUT2D eigenvalue weighted by atomic mass is 16.5. The van der Waals surface area contributed by atoms with Gasteiger partial charge in [0.05, 0.1) is 12.7 Å². The summed E-state index contributed by atoms with van der Waals surface area (Å²) < 4.78 is 5.49. The predicted molar refractivity (Wildman–Crippen MR) is 60.5 cm³/mol. The van der Waals surface area contributed by atoms with E-state index in [1.165, 1.54) is 25.7 Å². The predicted octanol–water partition coefficient (Wildman–Crippen LogP) is 2.58. The number of nitrogens with one attached hydrogen (secondary N) is 1. The molecule has 0 saturated heterocycles. The van der Waals surface area contributed by atoms with E-state index in [2.05, 4.69) is 26.1 Å². The lowest BCUT2D eigenvalue weighted by atomic mass is 10.1. The zero-order chi connectivity index (χ0) is 10.4. The van der Waals surface area contributed by atoms with E-state index < -0.39 is 0 Å². The van der Waals surface area contributed by atoms with E-state index in [1.807, 2.05) is 0 Å². The second-order valence-electron chi connectivity index (χ2n) is 4.66. The first-order chi connectivity index (χ1) is 6.72. The minimum atomic E-state index is 0.365. The number of rotatable bonds is 6. The van der Waals surface area contributed by atoms with Crippen LogP contribution in [-0.4, -0.2) is 25.3 Å². The Morgan fingerprint density at radius 3 is 2.71 bits per heavy atom. The smallest absolute Gasteiger partial charge is 0.0594 e. The van der Waals surface area contributed by atoms with Gasteiger partial charge in [-0.05, 0) is 39.0 Å². The molecule has 1 saturated carbocycles. The van der Waals surface area contributed by atoms with Gasteiger partial charge < -0.3 is 10.1 Å². The topological polar surface area (TPSA) is 21.3 Å². The van der Waals surface area contributed by atoms with Crippen molar-refractivity contribution in [3.8, 4) is 0 Å². The Morgan fingerprint density at radius 2 is 2.14 bits per heavy atom. The maximum absolute atomic E-state index is 5.49. The van der Waals surface area contributed by atoms with E-state index in [1.54, 1.807) is 0 Å². The van der Waals surface area contributed by atoms with E-state index in [0.717, 1.165) is 25.1 Å². The highest BCUT2D eigenvalue weighted by Gasteiger charge is 2.22. The van der Waals surface area contributed by atoms with Gasteiger partial charge in [-0.1, -0.05) is 13.3 Å². The highest BCUT2D eigenvalue weighted by molar-refractivity contribution is 4.79. The van der Waals surface area contributed by atoms with Gasteiger partial charge in [0.2, 0.25) is 0 Å². The van der Waals surface area contributed by atoms with Gasteiger partial charge in [0, 0.05) is 12.6 Å². The molecule has 0 heterocycles. The average molecular weight is 199 g/mol. The third kappa shape index (κ3) is 4.43. The summed E-state index contributed by atoms with van der Waals surface area (Å²) in [4.78, 5) is 0. The molecule has 0 aromatic rings. The normalized spacial score (nSPS) is 27.4. The van der Waals surface area contributed by atoms with Gasteiger partial charge in [0.15, 0.2) is 0 Å². The molecule has 14 heavy (non-hydrogen) atoms. The van der Waals surface area contributed by atoms with Crippen LogP contribution < -0.4 is 5.32 Å². The van der Waals surface area contributed by atoms with E-state index in [9.17, 15) is 0 Å². The Kier molecular flexibility index (Phi) is 5.49. The van der Waals surface area contributed by atoms with E-state index in [0.29, 0.717) is 6.10 Å². The molecule has 2 atom stereocenters. The quantitative estimate of drug-likeness (QED) is 0.664. The lowest BCUT2D eigenvalue weighted by molar-refractivity contribution is 0.0793. The summed E-state index contributed by atoms with van der Waals surface area (Å²) in [5, 5.41) is 3.58. The van der Waals surface area contributed by atoms with Gasteiger partial charge in [-0.25, -0.2) is 0 Å². The molecule has 2 nitrogen and oxygen atoms in total. The van der Waals surface area contributed by atoms with Crippen molar-refractivity contribution >= 4 is 0 Å². The summed E-state index contributed by atoms with van der Waals surface area (Å²) in [5.41, 5.74) is 0. The van der Waals surface area contributed by atoms with Crippen LogP contribution >= 0.6 is 0 Å². The summed E-state index contributed by atoms with van der Waals surface area (Å²) in [6.07, 6.45) is 5.86. The van der Waals surface area contributed by atoms with Crippen LogP contribution in [0.3, 0.4) is 0 Å². The molecule has 2 unspecified atom stereocenters. The number of ether oxygens (including phenoxy) is 1. The zero-order valence-corrected chi connectivity index (χ0v) is 9.88. The molecule has 0 amide bonds. The second-order valence-corrected chi connectivity index (χ2v) is 4.66. The molecule has 0 aromatic carbocycles. The van der Waals surface area contributed by atoms with Crippen molar-refractivity contribution in [3.05, 3.63) is 0 Å². The highest BCUT2D eigenvalue weighted by Crippen LogP contribution is 2.27. The second kappa shape index (κ2) is 6.41. The number of hydrogen-bond acceptors (Lipinski definition) is 2. The Bertz CT molecular complexity index is 147. The minimum absolute atomic E-state index is 0.365. The fraction of sp³-hybridized carbons (Fsp3) is 1.00. The molecule has 0 aromatic heterocycles. The molecule has 0 aliphatic heterocycles. The first-order valence-electron chi connectivity index (χ1n) is 6.07. The molecule has 84 valence electrons. The molecule has 0 bridgehead atoms. The largest absolute Gasteiger partial charge is 0.377 e. The van der Waals surface area contributed by atoms with Crippen LogP contribution in [0.4, 0.5) is 0 Å². The van der Waals surface area contributed by atoms with Crippen molar-refractivity contribution in [2.45, 2.75) is 58.6 Å². The molecule has 0 spiro atoms. The Balaban J connectivity index is 1.97. The van der Waals surface area contributed by atoms with Crippen LogP contribution in [0.15, 0.2) is 0 Å². The third-order valence-electron chi connectivity index (χ3n) is 3.10. The van der Waals surface area contributed by atoms with Crippen LogP contribution in [0.1, 0.15) is 46.5 Å². The van der Waals surface area contributed by atoms with E-state index in [4.69, 9.17) is 4.74 Å². The van der Waals surface area contributed by atoms with Crippen molar-refractivity contribution in [3.63, 3.8) is 0 Å². The summed E-state index contributed by atoms with van der Waals surface area (Å²) in [6.45, 7) is 8.34. The first kappa shape index (κ1) is 12.0. The fourth-order valence-corrected chi connectivity index (χ4v) is 2.19. The van der Waals surface area contributed by atoms with E-state index >= 15 is 0 Å². The Hall–Kier alpha value is -0.0800. The zero-order valence-electron chi connectivity index (χ0n) is 9.88. The van der Waals surface area contributed by atoms with Gasteiger partial charge in [-0.2, -0.15) is 0 Å². The third-order valence-corrected chi connectivity index (χ3v) is 3.10. The van der Waals surface area contributed by atoms with Crippen LogP contribution in [0.25, 0.3) is 0 Å². The number of hydrogen-bond donors (Lipinski definition) is 1. The lowest BCUT2D eigenvalue weighted by Crippen LogP contribution is -2.30. The van der Waals surface area contributed by atoms with Crippen molar-refractivity contribution in [1.29, 1.82) is 0 Å². The van der Waals surface area contributed by atoms with Crippen molar-refractivity contribution in [1.82, 2.24) is 5.32 Å². The lowest BCUT2D eigenvalue weighted by Gasteiger charge is -2.13. The van der Waals surface area contributed by atoms with Gasteiger partial charge in [0.25, 0.3) is 0 Å². The first-order valence-corrected chi connectivity index (χ1v) is 6.07. The van der Waals surface area contributed by atoms with Crippen LogP contribution in [0, 0.1) is 5.92 Å². The molecule has 1 aliphatic rings. The summed E-state index contributed by atoms with van der Waals surface area (Å²) in [6, 6.07) is 0.760. The molecule has 0 radical (unpaired) electrons. The van der Waals surface area contributed by atoms with Gasteiger partial charge in [0.1, 0.15) is 0 Å². The molecule has 1 rings (SSSR count). The molecular weight excluding hydrogens is 174 g/mol. The van der Waals surface area contributed by atoms with Crippen molar-refractivity contribution in [2.75, 3.05) is 13.2 Å². The maximum Gasteiger partial charge on any atom is 0.0594 e. The fourth-order valence-electron chi connectivity index (χ4n) is 2.19. The molecule has 1 aliphatic carbocycles. The minimum Gasteiger partial charge on any atom is -0.377 e. The summed E-state index contributed by atoms with van der Waals surface area (Å²) in [7, 11) is 0. The molecule has 2 heteroatoms. The Labute approximate surface area is 88.4 Å². The monoisotopic (exact) mass is 199 g/mol. The standard InChI is InChI=1S/C12H25NO/c1-4-11-5-6-12(9-11)13-7-8-14-10(2)3/h10-13H,4-9H2,1-3H3. The molecular formula is C12H25NO. The maximum atomic E-state index is 5.49. The molecule has 1 fully saturated rings. The van der Waals surface area contributed by atoms with Gasteiger partial charge in [-0.15, -0.1) is 0 Å². The van der Waals surface area contributed by atoms with Gasteiger partial charge >= 0.3 is 0 Å². The van der Waals surface area contributed by atoms with Crippen LogP contribution in [0.5, 0.6) is 0 Å². The summed E-state index contributed by atoms with van der Waals surface area (Å²) in [5.74, 6) is 0.971. The molecule has 1 N–H and O–H groups in total. The van der Waals surface area contributed by atoms with Crippen LogP contribution in [0.2, 0.25) is 0 Å². The van der Waals surface area contributed by atoms with E-state index in [-0.39, 0.29) is 0 Å². The average Bonchev–Trinajstić information content (AvgIpc) is 2.60. The Morgan fingerprint density at radius 1 is 1.36 bits per heavy atom.